The average molecular weight is 255 g/mol. The summed E-state index contributed by atoms with van der Waals surface area (Å²) in [5.41, 5.74) is 0.569. The molecule has 1 aromatic heterocycles. The lowest BCUT2D eigenvalue weighted by atomic mass is 10.2. The van der Waals surface area contributed by atoms with Gasteiger partial charge in [0, 0.05) is 6.07 Å². The van der Waals surface area contributed by atoms with Gasteiger partial charge in [0.15, 0.2) is 11.5 Å². The summed E-state index contributed by atoms with van der Waals surface area (Å²) in [5.74, 6) is -0.116. The fourth-order valence-corrected chi connectivity index (χ4v) is 2.45. The molecule has 3 nitrogen and oxygen atoms in total. The molecule has 0 radical (unpaired) electrons. The van der Waals surface area contributed by atoms with Crippen molar-refractivity contribution in [1.82, 2.24) is 4.98 Å². The van der Waals surface area contributed by atoms with Gasteiger partial charge in [-0.25, -0.2) is 4.98 Å². The standard InChI is InChI=1S/C12H14FNO2S/c1-6(2)16-12-10(13)8(15-4)5-9-11(12)14-7(3)17-9/h5-6H,1-4H3. The number of aryl methyl sites for hydroxylation is 1. The molecule has 0 unspecified atom stereocenters. The van der Waals surface area contributed by atoms with Crippen LogP contribution in [0.15, 0.2) is 6.07 Å². The SMILES string of the molecule is COc1cc2sc(C)nc2c(OC(C)C)c1F. The van der Waals surface area contributed by atoms with Crippen LogP contribution in [0.3, 0.4) is 0 Å². The molecular weight excluding hydrogens is 241 g/mol. The summed E-state index contributed by atoms with van der Waals surface area (Å²) in [7, 11) is 1.44. The first-order chi connectivity index (χ1) is 8.02. The minimum Gasteiger partial charge on any atom is -0.493 e. The summed E-state index contributed by atoms with van der Waals surface area (Å²) in [6.07, 6.45) is -0.109. The van der Waals surface area contributed by atoms with Gasteiger partial charge >= 0.3 is 0 Å². The first-order valence-electron chi connectivity index (χ1n) is 5.33. The van der Waals surface area contributed by atoms with E-state index < -0.39 is 5.82 Å². The number of nitrogens with zero attached hydrogens (tertiary/aromatic N) is 1. The van der Waals surface area contributed by atoms with Gasteiger partial charge in [-0.1, -0.05) is 0 Å². The van der Waals surface area contributed by atoms with Gasteiger partial charge in [-0.15, -0.1) is 11.3 Å². The molecule has 1 heterocycles. The van der Waals surface area contributed by atoms with Gasteiger partial charge in [0.05, 0.1) is 22.9 Å². The summed E-state index contributed by atoms with van der Waals surface area (Å²) in [6.45, 7) is 5.59. The summed E-state index contributed by atoms with van der Waals surface area (Å²) >= 11 is 1.49. The Morgan fingerprint density at radius 3 is 2.71 bits per heavy atom. The number of thiazole rings is 1. The number of aromatic nitrogens is 1. The fourth-order valence-electron chi connectivity index (χ4n) is 1.59. The lowest BCUT2D eigenvalue weighted by Crippen LogP contribution is -2.08. The maximum atomic E-state index is 14.1. The Labute approximate surface area is 103 Å². The molecule has 17 heavy (non-hydrogen) atoms. The number of benzene rings is 1. The second kappa shape index (κ2) is 4.49. The summed E-state index contributed by atoms with van der Waals surface area (Å²) in [4.78, 5) is 4.30. The smallest absolute Gasteiger partial charge is 0.209 e. The highest BCUT2D eigenvalue weighted by atomic mass is 32.1. The van der Waals surface area contributed by atoms with Gasteiger partial charge in [-0.2, -0.15) is 4.39 Å². The van der Waals surface area contributed by atoms with Crippen LogP contribution in [-0.4, -0.2) is 18.2 Å². The van der Waals surface area contributed by atoms with Crippen molar-refractivity contribution in [2.75, 3.05) is 7.11 Å². The van der Waals surface area contributed by atoms with Gasteiger partial charge in [0.1, 0.15) is 5.52 Å². The maximum absolute atomic E-state index is 14.1. The van der Waals surface area contributed by atoms with E-state index in [2.05, 4.69) is 4.98 Å². The number of hydrogen-bond donors (Lipinski definition) is 0. The molecule has 2 aromatic rings. The molecule has 5 heteroatoms. The van der Waals surface area contributed by atoms with E-state index in [0.29, 0.717) is 5.52 Å². The van der Waals surface area contributed by atoms with E-state index in [0.717, 1.165) is 9.71 Å². The lowest BCUT2D eigenvalue weighted by Gasteiger charge is -2.13. The van der Waals surface area contributed by atoms with Crippen LogP contribution in [0.25, 0.3) is 10.2 Å². The Balaban J connectivity index is 2.70. The van der Waals surface area contributed by atoms with Gasteiger partial charge in [0.2, 0.25) is 5.82 Å². The predicted octanol–water partition coefficient (Wildman–Crippen LogP) is 3.54. The summed E-state index contributed by atoms with van der Waals surface area (Å²) in [5, 5.41) is 0.876. The van der Waals surface area contributed by atoms with Crippen molar-refractivity contribution in [2.45, 2.75) is 26.9 Å². The highest BCUT2D eigenvalue weighted by Crippen LogP contribution is 2.38. The van der Waals surface area contributed by atoms with Crippen LogP contribution in [0, 0.1) is 12.7 Å². The molecule has 0 aliphatic heterocycles. The Kier molecular flexibility index (Phi) is 3.19. The molecular formula is C12H14FNO2S. The molecule has 0 saturated carbocycles. The Morgan fingerprint density at radius 1 is 1.41 bits per heavy atom. The number of hydrogen-bond acceptors (Lipinski definition) is 4. The first kappa shape index (κ1) is 12.1. The van der Waals surface area contributed by atoms with Crippen LogP contribution in [0.2, 0.25) is 0 Å². The highest BCUT2D eigenvalue weighted by molar-refractivity contribution is 7.18. The minimum absolute atomic E-state index is 0.109. The highest BCUT2D eigenvalue weighted by Gasteiger charge is 2.19. The zero-order chi connectivity index (χ0) is 12.6. The van der Waals surface area contributed by atoms with Crippen LogP contribution in [0.4, 0.5) is 4.39 Å². The van der Waals surface area contributed by atoms with Crippen molar-refractivity contribution in [3.05, 3.63) is 16.9 Å². The van der Waals surface area contributed by atoms with Crippen molar-refractivity contribution in [2.24, 2.45) is 0 Å². The third-order valence-corrected chi connectivity index (χ3v) is 3.14. The second-order valence-corrected chi connectivity index (χ2v) is 5.20. The maximum Gasteiger partial charge on any atom is 0.209 e. The summed E-state index contributed by atoms with van der Waals surface area (Å²) < 4.78 is 25.5. The Hall–Kier alpha value is -1.36. The number of rotatable bonds is 3. The van der Waals surface area contributed by atoms with E-state index in [1.807, 2.05) is 20.8 Å². The number of halogens is 1. The molecule has 1 aromatic carbocycles. The zero-order valence-electron chi connectivity index (χ0n) is 10.2. The number of methoxy groups -OCH3 is 1. The molecule has 0 spiro atoms. The average Bonchev–Trinajstić information content (AvgIpc) is 2.62. The van der Waals surface area contributed by atoms with Crippen molar-refractivity contribution in [3.8, 4) is 11.5 Å². The van der Waals surface area contributed by atoms with E-state index in [1.165, 1.54) is 18.4 Å². The fraction of sp³-hybridized carbons (Fsp3) is 0.417. The molecule has 0 aliphatic carbocycles. The van der Waals surface area contributed by atoms with Crippen LogP contribution in [-0.2, 0) is 0 Å². The van der Waals surface area contributed by atoms with Gasteiger partial charge in [0.25, 0.3) is 0 Å². The van der Waals surface area contributed by atoms with E-state index >= 15 is 0 Å². The van der Waals surface area contributed by atoms with Crippen molar-refractivity contribution < 1.29 is 13.9 Å². The zero-order valence-corrected chi connectivity index (χ0v) is 11.0. The van der Waals surface area contributed by atoms with Crippen molar-refractivity contribution in [3.63, 3.8) is 0 Å². The van der Waals surface area contributed by atoms with Crippen LogP contribution in [0.5, 0.6) is 11.5 Å². The molecule has 0 amide bonds. The summed E-state index contributed by atoms with van der Waals surface area (Å²) in [6, 6.07) is 1.66. The normalized spacial score (nSPS) is 11.2. The Morgan fingerprint density at radius 2 is 2.12 bits per heavy atom. The topological polar surface area (TPSA) is 31.4 Å². The van der Waals surface area contributed by atoms with Crippen molar-refractivity contribution in [1.29, 1.82) is 0 Å². The van der Waals surface area contributed by atoms with E-state index in [4.69, 9.17) is 9.47 Å². The third kappa shape index (κ3) is 2.20. The molecule has 0 N–H and O–H groups in total. The molecule has 2 rings (SSSR count). The number of fused-ring (bicyclic) bond motifs is 1. The largest absolute Gasteiger partial charge is 0.493 e. The lowest BCUT2D eigenvalue weighted by molar-refractivity contribution is 0.230. The first-order valence-corrected chi connectivity index (χ1v) is 6.15. The van der Waals surface area contributed by atoms with Crippen LogP contribution < -0.4 is 9.47 Å². The van der Waals surface area contributed by atoms with E-state index in [9.17, 15) is 4.39 Å². The van der Waals surface area contributed by atoms with Gasteiger partial charge in [-0.3, -0.25) is 0 Å². The van der Waals surface area contributed by atoms with E-state index in [1.54, 1.807) is 6.07 Å². The molecule has 0 atom stereocenters. The number of ether oxygens (including phenoxy) is 2. The molecule has 0 aliphatic rings. The molecule has 0 saturated heterocycles. The minimum atomic E-state index is -0.487. The molecule has 92 valence electrons. The monoisotopic (exact) mass is 255 g/mol. The predicted molar refractivity (Wildman–Crippen MR) is 66.6 cm³/mol. The Bertz CT molecular complexity index is 551. The molecule has 0 bridgehead atoms. The van der Waals surface area contributed by atoms with Crippen molar-refractivity contribution >= 4 is 21.6 Å². The van der Waals surface area contributed by atoms with Crippen LogP contribution >= 0.6 is 11.3 Å². The van der Waals surface area contributed by atoms with Gasteiger partial charge < -0.3 is 9.47 Å². The second-order valence-electron chi connectivity index (χ2n) is 3.97. The van der Waals surface area contributed by atoms with E-state index in [-0.39, 0.29) is 17.6 Å². The molecule has 0 fully saturated rings. The van der Waals surface area contributed by atoms with Crippen LogP contribution in [0.1, 0.15) is 18.9 Å². The quantitative estimate of drug-likeness (QED) is 0.840. The third-order valence-electron chi connectivity index (χ3n) is 2.23. The van der Waals surface area contributed by atoms with Gasteiger partial charge in [-0.05, 0) is 20.8 Å².